The second kappa shape index (κ2) is 7.07. The Bertz CT molecular complexity index is 789. The molecule has 1 unspecified atom stereocenters. The fourth-order valence-electron chi connectivity index (χ4n) is 2.29. The highest BCUT2D eigenvalue weighted by molar-refractivity contribution is 6.05. The number of carboxylic acids is 1. The van der Waals surface area contributed by atoms with Crippen LogP contribution in [-0.4, -0.2) is 56.9 Å². The van der Waals surface area contributed by atoms with Gasteiger partial charge in [0.25, 0.3) is 5.91 Å². The number of benzene rings is 1. The van der Waals surface area contributed by atoms with Crippen LogP contribution in [0.5, 0.6) is 0 Å². The Balaban J connectivity index is 2.36. The van der Waals surface area contributed by atoms with Gasteiger partial charge in [0.2, 0.25) is 5.91 Å². The second-order valence-electron chi connectivity index (χ2n) is 5.25. The van der Waals surface area contributed by atoms with Crippen molar-refractivity contribution in [2.24, 2.45) is 0 Å². The predicted molar refractivity (Wildman–Crippen MR) is 82.9 cm³/mol. The summed E-state index contributed by atoms with van der Waals surface area (Å²) in [6, 6.07) is 1.07. The van der Waals surface area contributed by atoms with E-state index in [0.717, 1.165) is 11.0 Å². The summed E-state index contributed by atoms with van der Waals surface area (Å²) in [5.74, 6) is -2.82. The van der Waals surface area contributed by atoms with Gasteiger partial charge in [0.1, 0.15) is 17.4 Å². The molecular formula is C15H17FN4O4. The van der Waals surface area contributed by atoms with Crippen LogP contribution in [0.1, 0.15) is 24.2 Å². The van der Waals surface area contributed by atoms with Crippen LogP contribution in [0.25, 0.3) is 11.0 Å². The van der Waals surface area contributed by atoms with Crippen LogP contribution < -0.4 is 5.32 Å². The molecule has 0 aliphatic heterocycles. The van der Waals surface area contributed by atoms with E-state index < -0.39 is 23.7 Å². The van der Waals surface area contributed by atoms with Crippen LogP contribution in [0.4, 0.5) is 4.39 Å². The highest BCUT2D eigenvalue weighted by Gasteiger charge is 2.28. The van der Waals surface area contributed by atoms with Gasteiger partial charge in [-0.3, -0.25) is 9.59 Å². The summed E-state index contributed by atoms with van der Waals surface area (Å²) in [7, 11) is 0. The number of rotatable bonds is 6. The molecule has 0 bridgehead atoms. The lowest BCUT2D eigenvalue weighted by atomic mass is 10.1. The van der Waals surface area contributed by atoms with E-state index in [0.29, 0.717) is 5.52 Å². The van der Waals surface area contributed by atoms with Gasteiger partial charge in [-0.2, -0.15) is 0 Å². The molecule has 0 aliphatic carbocycles. The summed E-state index contributed by atoms with van der Waals surface area (Å²) in [6.07, 6.45) is 1.32. The van der Waals surface area contributed by atoms with Crippen molar-refractivity contribution in [2.75, 3.05) is 13.1 Å². The van der Waals surface area contributed by atoms with E-state index in [4.69, 9.17) is 0 Å². The molecule has 2 amide bonds. The number of carbonyl (C=O) groups excluding carboxylic acids is 2. The lowest BCUT2D eigenvalue weighted by molar-refractivity contribution is -0.141. The van der Waals surface area contributed by atoms with Crippen molar-refractivity contribution in [1.82, 2.24) is 20.2 Å². The van der Waals surface area contributed by atoms with E-state index in [1.54, 1.807) is 0 Å². The highest BCUT2D eigenvalue weighted by atomic mass is 19.1. The molecule has 0 radical (unpaired) electrons. The van der Waals surface area contributed by atoms with Crippen molar-refractivity contribution in [3.8, 4) is 0 Å². The molecular weight excluding hydrogens is 319 g/mol. The molecule has 2 aromatic rings. The number of fused-ring (bicyclic) bond motifs is 1. The van der Waals surface area contributed by atoms with Gasteiger partial charge in [-0.1, -0.05) is 0 Å². The minimum atomic E-state index is -1.21. The number of carboxylic acid groups (broad SMARTS) is 1. The van der Waals surface area contributed by atoms with Crippen LogP contribution in [0.3, 0.4) is 0 Å². The number of imidazole rings is 1. The molecule has 9 heteroatoms. The molecule has 0 saturated heterocycles. The van der Waals surface area contributed by atoms with Gasteiger partial charge in [0.15, 0.2) is 0 Å². The number of H-pyrrole nitrogens is 1. The second-order valence-corrected chi connectivity index (χ2v) is 5.25. The van der Waals surface area contributed by atoms with Gasteiger partial charge in [0, 0.05) is 20.0 Å². The number of nitrogens with one attached hydrogen (secondary N) is 2. The van der Waals surface area contributed by atoms with Gasteiger partial charge in [-0.15, -0.1) is 0 Å². The average Bonchev–Trinajstić information content (AvgIpc) is 2.97. The van der Waals surface area contributed by atoms with Crippen LogP contribution >= 0.6 is 0 Å². The largest absolute Gasteiger partial charge is 0.480 e. The molecule has 1 aromatic carbocycles. The fraction of sp³-hybridized carbons (Fsp3) is 0.333. The summed E-state index contributed by atoms with van der Waals surface area (Å²) < 4.78 is 13.7. The van der Waals surface area contributed by atoms with Crippen molar-refractivity contribution in [3.05, 3.63) is 29.8 Å². The number of carbonyl (C=O) groups is 3. The first kappa shape index (κ1) is 17.4. The van der Waals surface area contributed by atoms with Gasteiger partial charge in [-0.25, -0.2) is 14.2 Å². The van der Waals surface area contributed by atoms with Gasteiger partial charge < -0.3 is 20.3 Å². The Labute approximate surface area is 136 Å². The van der Waals surface area contributed by atoms with Crippen molar-refractivity contribution < 1.29 is 23.9 Å². The SMILES string of the molecule is CC(=O)NCCN(C(=O)c1cc(F)cc2[nH]cnc12)C(C)C(=O)O. The molecule has 2 rings (SSSR count). The van der Waals surface area contributed by atoms with E-state index in [9.17, 15) is 23.9 Å². The van der Waals surface area contributed by atoms with E-state index in [2.05, 4.69) is 15.3 Å². The summed E-state index contributed by atoms with van der Waals surface area (Å²) in [5.41, 5.74) is 0.550. The molecule has 1 heterocycles. The lowest BCUT2D eigenvalue weighted by Gasteiger charge is -2.26. The number of hydrogen-bond acceptors (Lipinski definition) is 4. The van der Waals surface area contributed by atoms with Crippen LogP contribution in [0.2, 0.25) is 0 Å². The Kier molecular flexibility index (Phi) is 5.12. The van der Waals surface area contributed by atoms with Crippen LogP contribution in [-0.2, 0) is 9.59 Å². The maximum absolute atomic E-state index is 13.7. The molecule has 0 fully saturated rings. The maximum atomic E-state index is 13.7. The van der Waals surface area contributed by atoms with Crippen LogP contribution in [0, 0.1) is 5.82 Å². The quantitative estimate of drug-likeness (QED) is 0.720. The highest BCUT2D eigenvalue weighted by Crippen LogP contribution is 2.20. The first-order chi connectivity index (χ1) is 11.3. The standard InChI is InChI=1S/C15H17FN4O4/c1-8(15(23)24)20(4-3-17-9(2)21)14(22)11-5-10(16)6-12-13(11)19-7-18-12/h5-8H,3-4H2,1-2H3,(H,17,21)(H,18,19)(H,23,24). The first-order valence-corrected chi connectivity index (χ1v) is 7.22. The summed E-state index contributed by atoms with van der Waals surface area (Å²) in [4.78, 5) is 42.8. The Morgan fingerprint density at radius 1 is 1.42 bits per heavy atom. The average molecular weight is 336 g/mol. The van der Waals surface area contributed by atoms with E-state index in [1.165, 1.54) is 26.2 Å². The molecule has 0 aliphatic rings. The summed E-state index contributed by atoms with van der Waals surface area (Å²) >= 11 is 0. The van der Waals surface area contributed by atoms with Crippen molar-refractivity contribution in [2.45, 2.75) is 19.9 Å². The lowest BCUT2D eigenvalue weighted by Crippen LogP contribution is -2.46. The molecule has 3 N–H and O–H groups in total. The summed E-state index contributed by atoms with van der Waals surface area (Å²) in [6.45, 7) is 2.70. The first-order valence-electron chi connectivity index (χ1n) is 7.22. The topological polar surface area (TPSA) is 115 Å². The number of aliphatic carboxylic acids is 1. The number of nitrogens with zero attached hydrogens (tertiary/aromatic N) is 2. The zero-order chi connectivity index (χ0) is 17.9. The van der Waals surface area contributed by atoms with Crippen molar-refractivity contribution in [3.63, 3.8) is 0 Å². The third-order valence-electron chi connectivity index (χ3n) is 3.53. The molecule has 0 saturated carbocycles. The molecule has 1 atom stereocenters. The number of aromatic amines is 1. The molecule has 24 heavy (non-hydrogen) atoms. The maximum Gasteiger partial charge on any atom is 0.326 e. The Morgan fingerprint density at radius 2 is 2.12 bits per heavy atom. The van der Waals surface area contributed by atoms with Crippen molar-refractivity contribution >= 4 is 28.8 Å². The predicted octanol–water partition coefficient (Wildman–Crippen LogP) is 0.753. The van der Waals surface area contributed by atoms with E-state index in [1.807, 2.05) is 0 Å². The zero-order valence-electron chi connectivity index (χ0n) is 13.2. The normalized spacial score (nSPS) is 12.0. The monoisotopic (exact) mass is 336 g/mol. The number of amides is 2. The fourth-order valence-corrected chi connectivity index (χ4v) is 2.29. The minimum absolute atomic E-state index is 0.0334. The molecule has 8 nitrogen and oxygen atoms in total. The zero-order valence-corrected chi connectivity index (χ0v) is 13.2. The van der Waals surface area contributed by atoms with Gasteiger partial charge in [-0.05, 0) is 19.1 Å². The van der Waals surface area contributed by atoms with Gasteiger partial charge in [0.05, 0.1) is 17.4 Å². The van der Waals surface area contributed by atoms with Gasteiger partial charge >= 0.3 is 5.97 Å². The molecule has 1 aromatic heterocycles. The molecule has 0 spiro atoms. The van der Waals surface area contributed by atoms with E-state index in [-0.39, 0.29) is 30.1 Å². The molecule has 128 valence electrons. The Hall–Kier alpha value is -2.97. The van der Waals surface area contributed by atoms with E-state index >= 15 is 0 Å². The number of hydrogen-bond donors (Lipinski definition) is 3. The minimum Gasteiger partial charge on any atom is -0.480 e. The van der Waals surface area contributed by atoms with Crippen molar-refractivity contribution in [1.29, 1.82) is 0 Å². The third kappa shape index (κ3) is 3.67. The van der Waals surface area contributed by atoms with Crippen LogP contribution in [0.15, 0.2) is 18.5 Å². The smallest absolute Gasteiger partial charge is 0.326 e. The summed E-state index contributed by atoms with van der Waals surface area (Å²) in [5, 5.41) is 11.7. The third-order valence-corrected chi connectivity index (χ3v) is 3.53. The number of halogens is 1. The Morgan fingerprint density at radius 3 is 2.75 bits per heavy atom. The number of aromatic nitrogens is 2.